The predicted octanol–water partition coefficient (Wildman–Crippen LogP) is 9.46. The molecule has 0 bridgehead atoms. The molecule has 0 aromatic heterocycles. The van der Waals surface area contributed by atoms with Crippen LogP contribution in [0.15, 0.2) is 66.7 Å². The van der Waals surface area contributed by atoms with E-state index in [2.05, 4.69) is 24.3 Å². The first-order valence-electron chi connectivity index (χ1n) is 12.6. The first-order valence-corrected chi connectivity index (χ1v) is 13.4. The normalized spacial score (nSPS) is 17.1. The van der Waals surface area contributed by atoms with Gasteiger partial charge < -0.3 is 4.74 Å². The molecule has 0 saturated carbocycles. The van der Waals surface area contributed by atoms with E-state index in [-0.39, 0.29) is 16.4 Å². The van der Waals surface area contributed by atoms with Crippen molar-refractivity contribution in [3.63, 3.8) is 0 Å². The molecule has 0 radical (unpaired) electrons. The highest BCUT2D eigenvalue weighted by Crippen LogP contribution is 2.45. The first kappa shape index (κ1) is 27.7. The summed E-state index contributed by atoms with van der Waals surface area (Å²) in [5, 5.41) is 0.589. The summed E-state index contributed by atoms with van der Waals surface area (Å²) < 4.78 is 45.9. The second kappa shape index (κ2) is 12.5. The zero-order chi connectivity index (χ0) is 26.4. The highest BCUT2D eigenvalue weighted by molar-refractivity contribution is 6.37. The average molecular weight is 549 g/mol. The zero-order valence-electron chi connectivity index (χ0n) is 20.4. The molecule has 2 nitrogen and oxygen atoms in total. The summed E-state index contributed by atoms with van der Waals surface area (Å²) >= 11 is 12.1. The summed E-state index contributed by atoms with van der Waals surface area (Å²) in [5.41, 5.74) is 2.09. The SMILES string of the molecule is O=C(c1ccc(Cl)cc1Cl)[C@@H]1O[C@H]1c1cc(C(F)(F)F)ccc1CCCCCCCCc1ccccc1. The fourth-order valence-corrected chi connectivity index (χ4v) is 5.15. The number of hydrogen-bond donors (Lipinski definition) is 0. The summed E-state index contributed by atoms with van der Waals surface area (Å²) in [5.74, 6) is -0.356. The molecule has 0 aliphatic carbocycles. The van der Waals surface area contributed by atoms with Crippen LogP contribution in [-0.4, -0.2) is 11.9 Å². The Labute approximate surface area is 225 Å². The van der Waals surface area contributed by atoms with E-state index >= 15 is 0 Å². The number of carbonyl (C=O) groups is 1. The van der Waals surface area contributed by atoms with Crippen LogP contribution in [0.5, 0.6) is 0 Å². The second-order valence-electron chi connectivity index (χ2n) is 9.48. The number of ketones is 1. The lowest BCUT2D eigenvalue weighted by Gasteiger charge is -2.13. The molecule has 4 rings (SSSR count). The number of carbonyl (C=O) groups excluding carboxylic acids is 1. The number of Topliss-reactive ketones (excluding diaryl/α,β-unsaturated/α-hetero) is 1. The average Bonchev–Trinajstić information content (AvgIpc) is 3.66. The molecule has 7 heteroatoms. The predicted molar refractivity (Wildman–Crippen MR) is 141 cm³/mol. The van der Waals surface area contributed by atoms with Crippen LogP contribution in [0, 0.1) is 0 Å². The Balaban J connectivity index is 1.32. The lowest BCUT2D eigenvalue weighted by molar-refractivity contribution is -0.137. The lowest BCUT2D eigenvalue weighted by Crippen LogP contribution is -2.11. The van der Waals surface area contributed by atoms with Crippen molar-refractivity contribution in [1.82, 2.24) is 0 Å². The summed E-state index contributed by atoms with van der Waals surface area (Å²) in [6.45, 7) is 0. The molecule has 1 aliphatic heterocycles. The van der Waals surface area contributed by atoms with Crippen LogP contribution in [-0.2, 0) is 23.8 Å². The van der Waals surface area contributed by atoms with E-state index in [1.807, 2.05) is 6.07 Å². The van der Waals surface area contributed by atoms with Gasteiger partial charge in [-0.1, -0.05) is 85.3 Å². The van der Waals surface area contributed by atoms with E-state index in [1.54, 1.807) is 6.07 Å². The summed E-state index contributed by atoms with van der Waals surface area (Å²) in [6, 6.07) is 18.7. The molecule has 0 spiro atoms. The molecule has 196 valence electrons. The molecule has 1 heterocycles. The lowest BCUT2D eigenvalue weighted by atomic mass is 9.93. The van der Waals surface area contributed by atoms with Crippen LogP contribution in [0.1, 0.15) is 77.2 Å². The number of aryl methyl sites for hydroxylation is 2. The van der Waals surface area contributed by atoms with Gasteiger partial charge in [0.2, 0.25) is 0 Å². The third-order valence-corrected chi connectivity index (χ3v) is 7.28. The van der Waals surface area contributed by atoms with Crippen molar-refractivity contribution in [3.8, 4) is 0 Å². The van der Waals surface area contributed by atoms with Gasteiger partial charge >= 0.3 is 6.18 Å². The van der Waals surface area contributed by atoms with Gasteiger partial charge in [0.1, 0.15) is 6.10 Å². The smallest absolute Gasteiger partial charge is 0.356 e. The summed E-state index contributed by atoms with van der Waals surface area (Å²) in [6.07, 6.45) is 2.08. The minimum absolute atomic E-state index is 0.194. The first-order chi connectivity index (χ1) is 17.7. The number of benzene rings is 3. The van der Waals surface area contributed by atoms with E-state index in [1.165, 1.54) is 23.8 Å². The van der Waals surface area contributed by atoms with Crippen molar-refractivity contribution < 1.29 is 22.7 Å². The Morgan fingerprint density at radius 1 is 0.811 bits per heavy atom. The van der Waals surface area contributed by atoms with Crippen LogP contribution in [0.3, 0.4) is 0 Å². The monoisotopic (exact) mass is 548 g/mol. The Bertz CT molecular complexity index is 1210. The number of unbranched alkanes of at least 4 members (excludes halogenated alkanes) is 5. The van der Waals surface area contributed by atoms with Gasteiger partial charge in [-0.2, -0.15) is 13.2 Å². The standard InChI is InChI=1S/C30H29Cl2F3O2/c31-23-16-17-24(26(32)19-23)27(36)29-28(37-29)25-18-22(30(33,34)35)15-14-21(25)13-9-4-2-1-3-6-10-20-11-7-5-8-12-20/h5,7-8,11-12,14-19,28-29H,1-4,6,9-10,13H2/t28-,29-/m0/s1. The van der Waals surface area contributed by atoms with Gasteiger partial charge in [-0.15, -0.1) is 0 Å². The topological polar surface area (TPSA) is 29.6 Å². The number of halogens is 5. The molecule has 1 saturated heterocycles. The summed E-state index contributed by atoms with van der Waals surface area (Å²) in [4.78, 5) is 12.9. The van der Waals surface area contributed by atoms with Crippen molar-refractivity contribution in [2.24, 2.45) is 0 Å². The van der Waals surface area contributed by atoms with Crippen molar-refractivity contribution in [3.05, 3.63) is 105 Å². The Morgan fingerprint density at radius 3 is 2.16 bits per heavy atom. The van der Waals surface area contributed by atoms with Crippen LogP contribution in [0.25, 0.3) is 0 Å². The maximum absolute atomic E-state index is 13.4. The summed E-state index contributed by atoms with van der Waals surface area (Å²) in [7, 11) is 0. The molecule has 0 N–H and O–H groups in total. The van der Waals surface area contributed by atoms with Gasteiger partial charge in [0.15, 0.2) is 11.9 Å². The quantitative estimate of drug-likeness (QED) is 0.128. The Morgan fingerprint density at radius 2 is 1.49 bits per heavy atom. The van der Waals surface area contributed by atoms with Crippen LogP contribution < -0.4 is 0 Å². The van der Waals surface area contributed by atoms with E-state index < -0.39 is 23.9 Å². The maximum atomic E-state index is 13.4. The van der Waals surface area contributed by atoms with Crippen molar-refractivity contribution in [2.75, 3.05) is 0 Å². The number of hydrogen-bond acceptors (Lipinski definition) is 2. The van der Waals surface area contributed by atoms with Gasteiger partial charge in [-0.25, -0.2) is 0 Å². The molecule has 1 fully saturated rings. The minimum Gasteiger partial charge on any atom is -0.356 e. The van der Waals surface area contributed by atoms with Crippen LogP contribution in [0.4, 0.5) is 13.2 Å². The third kappa shape index (κ3) is 7.59. The molecule has 1 aliphatic rings. The van der Waals surface area contributed by atoms with E-state index in [0.717, 1.165) is 62.6 Å². The zero-order valence-corrected chi connectivity index (χ0v) is 21.9. The molecule has 37 heavy (non-hydrogen) atoms. The van der Waals surface area contributed by atoms with Gasteiger partial charge in [0.05, 0.1) is 10.6 Å². The van der Waals surface area contributed by atoms with Gasteiger partial charge in [0, 0.05) is 10.6 Å². The highest BCUT2D eigenvalue weighted by atomic mass is 35.5. The van der Waals surface area contributed by atoms with Gasteiger partial charge in [-0.05, 0) is 72.7 Å². The largest absolute Gasteiger partial charge is 0.416 e. The van der Waals surface area contributed by atoms with Crippen LogP contribution >= 0.6 is 23.2 Å². The number of rotatable bonds is 12. The number of alkyl halides is 3. The highest BCUT2D eigenvalue weighted by Gasteiger charge is 2.48. The van der Waals surface area contributed by atoms with Crippen molar-refractivity contribution in [2.45, 2.75) is 69.8 Å². The van der Waals surface area contributed by atoms with Crippen LogP contribution in [0.2, 0.25) is 10.0 Å². The second-order valence-corrected chi connectivity index (χ2v) is 10.3. The Kier molecular flexibility index (Phi) is 9.33. The fourth-order valence-electron chi connectivity index (χ4n) is 4.65. The fraction of sp³-hybridized carbons (Fsp3) is 0.367. The molecular weight excluding hydrogens is 520 g/mol. The van der Waals surface area contributed by atoms with E-state index in [0.29, 0.717) is 17.0 Å². The van der Waals surface area contributed by atoms with Crippen molar-refractivity contribution in [1.29, 1.82) is 0 Å². The molecule has 3 aromatic carbocycles. The molecule has 0 amide bonds. The maximum Gasteiger partial charge on any atom is 0.416 e. The molecule has 0 unspecified atom stereocenters. The molecular formula is C30H29Cl2F3O2. The molecule has 3 aromatic rings. The minimum atomic E-state index is -4.47. The van der Waals surface area contributed by atoms with Gasteiger partial charge in [-0.3, -0.25) is 4.79 Å². The number of ether oxygens (including phenoxy) is 1. The van der Waals surface area contributed by atoms with Gasteiger partial charge in [0.25, 0.3) is 0 Å². The van der Waals surface area contributed by atoms with Crippen molar-refractivity contribution >= 4 is 29.0 Å². The third-order valence-electron chi connectivity index (χ3n) is 6.73. The Hall–Kier alpha value is -2.34. The number of epoxide rings is 1. The van der Waals surface area contributed by atoms with E-state index in [9.17, 15) is 18.0 Å². The molecule has 2 atom stereocenters. The van der Waals surface area contributed by atoms with E-state index in [4.69, 9.17) is 27.9 Å².